The van der Waals surface area contributed by atoms with E-state index >= 15 is 0 Å². The number of allylic oxidation sites excluding steroid dienone is 6. The van der Waals surface area contributed by atoms with E-state index in [1.165, 1.54) is 12.2 Å². The number of aromatic amines is 1. The standard InChI is InChI=1S/C23H21ClFN5O2S.C2H2/c1-14-9-16(11-26-6-2-3-17(25)10-14)18-12-28-30-22(18)29-21(20-19(24)13-27-23(20)30)15-4-7-33(31,32)8-5-15;1-2/h2-3,9-13,15,27H,1,4-8H2;1-2H/b3-2-,16-9+,17-10+,26-11?;. The van der Waals surface area contributed by atoms with Crippen LogP contribution in [0.15, 0.2) is 59.7 Å². The molecular formula is C25H23ClFN5O2S. The minimum absolute atomic E-state index is 0.0408. The summed E-state index contributed by atoms with van der Waals surface area (Å²) in [6, 6.07) is 0. The monoisotopic (exact) mass is 511 g/mol. The maximum atomic E-state index is 13.9. The molecule has 0 spiro atoms. The molecule has 0 radical (unpaired) electrons. The Morgan fingerprint density at radius 1 is 1.23 bits per heavy atom. The van der Waals surface area contributed by atoms with Crippen molar-refractivity contribution < 1.29 is 12.8 Å². The summed E-state index contributed by atoms with van der Waals surface area (Å²) in [7, 11) is -3.02. The predicted molar refractivity (Wildman–Crippen MR) is 139 cm³/mol. The number of rotatable bonds is 2. The van der Waals surface area contributed by atoms with E-state index in [9.17, 15) is 12.8 Å². The van der Waals surface area contributed by atoms with Gasteiger partial charge >= 0.3 is 0 Å². The summed E-state index contributed by atoms with van der Waals surface area (Å²) in [5.41, 5.74) is 3.88. The molecule has 5 rings (SSSR count). The number of sulfone groups is 1. The second-order valence-corrected chi connectivity index (χ2v) is 10.9. The van der Waals surface area contributed by atoms with Gasteiger partial charge in [0.25, 0.3) is 0 Å². The summed E-state index contributed by atoms with van der Waals surface area (Å²) >= 11 is 6.49. The van der Waals surface area contributed by atoms with E-state index in [-0.39, 0.29) is 17.4 Å². The molecule has 10 heteroatoms. The lowest BCUT2D eigenvalue weighted by Crippen LogP contribution is -2.23. The number of H-pyrrole nitrogens is 1. The second-order valence-electron chi connectivity index (χ2n) is 8.18. The number of nitrogens with zero attached hydrogens (tertiary/aromatic N) is 4. The van der Waals surface area contributed by atoms with Crippen LogP contribution in [0, 0.1) is 12.8 Å². The van der Waals surface area contributed by atoms with Crippen LogP contribution >= 0.6 is 11.6 Å². The van der Waals surface area contributed by atoms with Crippen molar-refractivity contribution in [2.24, 2.45) is 4.99 Å². The highest BCUT2D eigenvalue weighted by Crippen LogP contribution is 2.37. The molecule has 0 atom stereocenters. The zero-order valence-electron chi connectivity index (χ0n) is 18.8. The van der Waals surface area contributed by atoms with Gasteiger partial charge in [-0.25, -0.2) is 17.8 Å². The smallest absolute Gasteiger partial charge is 0.165 e. The first-order valence-electron chi connectivity index (χ1n) is 10.8. The summed E-state index contributed by atoms with van der Waals surface area (Å²) < 4.78 is 39.6. The van der Waals surface area contributed by atoms with Crippen molar-refractivity contribution in [3.05, 3.63) is 71.0 Å². The van der Waals surface area contributed by atoms with E-state index in [0.29, 0.717) is 52.4 Å². The summed E-state index contributed by atoms with van der Waals surface area (Å²) in [6.45, 7) is 4.25. The molecule has 0 bridgehead atoms. The van der Waals surface area contributed by atoms with Gasteiger partial charge in [0.2, 0.25) is 0 Å². The SMILES string of the molecule is C#C.C=C1/C=C(/c2cnn3c2nc(C2CCS(=O)(=O)CC2)c2c(Cl)c[nH]c23)C=NC/C=C\C(F)=C/1. The van der Waals surface area contributed by atoms with Gasteiger partial charge in [-0.15, -0.1) is 12.8 Å². The summed E-state index contributed by atoms with van der Waals surface area (Å²) in [4.78, 5) is 12.5. The quantitative estimate of drug-likeness (QED) is 0.498. The fourth-order valence-electron chi connectivity index (χ4n) is 4.27. The number of halogens is 2. The van der Waals surface area contributed by atoms with Crippen molar-refractivity contribution >= 4 is 49.9 Å². The van der Waals surface area contributed by atoms with Crippen LogP contribution in [-0.4, -0.2) is 52.3 Å². The molecule has 35 heavy (non-hydrogen) atoms. The van der Waals surface area contributed by atoms with E-state index in [1.54, 1.807) is 35.3 Å². The lowest BCUT2D eigenvalue weighted by molar-refractivity contribution is 0.546. The third-order valence-electron chi connectivity index (χ3n) is 5.88. The summed E-state index contributed by atoms with van der Waals surface area (Å²) in [6.07, 6.45) is 20.1. The average molecular weight is 512 g/mol. The highest BCUT2D eigenvalue weighted by molar-refractivity contribution is 7.91. The molecule has 0 amide bonds. The number of fused-ring (bicyclic) bond motifs is 3. The molecule has 3 aromatic heterocycles. The fourth-order valence-corrected chi connectivity index (χ4v) is 6.01. The van der Waals surface area contributed by atoms with Gasteiger partial charge in [0, 0.05) is 29.5 Å². The third-order valence-corrected chi connectivity index (χ3v) is 7.90. The Hall–Kier alpha value is -3.48. The Bertz CT molecular complexity index is 1540. The molecule has 1 fully saturated rings. The lowest BCUT2D eigenvalue weighted by atomic mass is 9.96. The molecule has 1 saturated heterocycles. The van der Waals surface area contributed by atoms with Gasteiger partial charge in [0.15, 0.2) is 5.65 Å². The van der Waals surface area contributed by atoms with E-state index in [1.807, 2.05) is 0 Å². The molecule has 1 N–H and O–H groups in total. The lowest BCUT2D eigenvalue weighted by Gasteiger charge is -2.22. The van der Waals surface area contributed by atoms with E-state index in [4.69, 9.17) is 16.6 Å². The van der Waals surface area contributed by atoms with Crippen LogP contribution in [0.4, 0.5) is 4.39 Å². The van der Waals surface area contributed by atoms with E-state index in [0.717, 1.165) is 11.1 Å². The molecule has 3 aromatic rings. The zero-order valence-corrected chi connectivity index (χ0v) is 20.4. The van der Waals surface area contributed by atoms with Crippen molar-refractivity contribution in [1.29, 1.82) is 0 Å². The van der Waals surface area contributed by atoms with Gasteiger partial charge < -0.3 is 4.98 Å². The minimum Gasteiger partial charge on any atom is -0.344 e. The van der Waals surface area contributed by atoms with Crippen LogP contribution in [0.25, 0.3) is 22.3 Å². The summed E-state index contributed by atoms with van der Waals surface area (Å²) in [5, 5.41) is 5.77. The summed E-state index contributed by atoms with van der Waals surface area (Å²) in [5.74, 6) is -0.184. The van der Waals surface area contributed by atoms with E-state index in [2.05, 4.69) is 34.5 Å². The van der Waals surface area contributed by atoms with Gasteiger partial charge in [-0.05, 0) is 36.6 Å². The Labute approximate surface area is 207 Å². The number of hydrogen-bond acceptors (Lipinski definition) is 5. The molecular weight excluding hydrogens is 489 g/mol. The first kappa shape index (κ1) is 24.6. The highest BCUT2D eigenvalue weighted by atomic mass is 35.5. The van der Waals surface area contributed by atoms with Crippen molar-refractivity contribution in [1.82, 2.24) is 19.6 Å². The molecule has 2 aliphatic heterocycles. The molecule has 0 saturated carbocycles. The number of aliphatic imine (C=N–C) groups is 1. The number of terminal acetylenes is 1. The molecule has 7 nitrogen and oxygen atoms in total. The molecule has 180 valence electrons. The predicted octanol–water partition coefficient (Wildman–Crippen LogP) is 4.84. The van der Waals surface area contributed by atoms with Crippen molar-refractivity contribution in [3.63, 3.8) is 0 Å². The normalized spacial score (nSPS) is 22.6. The molecule has 2 aliphatic rings. The van der Waals surface area contributed by atoms with E-state index < -0.39 is 15.7 Å². The van der Waals surface area contributed by atoms with Crippen molar-refractivity contribution in [2.45, 2.75) is 18.8 Å². The molecule has 0 unspecified atom stereocenters. The second kappa shape index (κ2) is 10.0. The van der Waals surface area contributed by atoms with Gasteiger partial charge in [-0.1, -0.05) is 24.3 Å². The van der Waals surface area contributed by atoms with Crippen LogP contribution in [0.3, 0.4) is 0 Å². The Balaban J connectivity index is 0.00000141. The fraction of sp³-hybridized carbons (Fsp3) is 0.240. The Morgan fingerprint density at radius 3 is 2.71 bits per heavy atom. The van der Waals surface area contributed by atoms with Crippen molar-refractivity contribution in [3.8, 4) is 12.8 Å². The number of nitrogens with one attached hydrogen (secondary N) is 1. The Morgan fingerprint density at radius 2 is 1.97 bits per heavy atom. The van der Waals surface area contributed by atoms with Crippen molar-refractivity contribution in [2.75, 3.05) is 18.1 Å². The molecule has 5 heterocycles. The van der Waals surface area contributed by atoms with Gasteiger partial charge in [0.1, 0.15) is 21.3 Å². The number of aromatic nitrogens is 4. The average Bonchev–Trinajstić information content (AvgIpc) is 3.42. The minimum atomic E-state index is -3.02. The Kier molecular flexibility index (Phi) is 7.05. The van der Waals surface area contributed by atoms with Crippen LogP contribution in [0.1, 0.15) is 30.0 Å². The van der Waals surface area contributed by atoms with Gasteiger partial charge in [-0.3, -0.25) is 4.99 Å². The maximum absolute atomic E-state index is 13.9. The van der Waals surface area contributed by atoms with Gasteiger partial charge in [-0.2, -0.15) is 9.61 Å². The zero-order chi connectivity index (χ0) is 25.2. The van der Waals surface area contributed by atoms with Crippen LogP contribution in [0.2, 0.25) is 5.02 Å². The third kappa shape index (κ3) is 4.99. The topological polar surface area (TPSA) is 92.5 Å². The molecule has 0 aromatic carbocycles. The first-order valence-corrected chi connectivity index (χ1v) is 13.0. The van der Waals surface area contributed by atoms with Gasteiger partial charge in [0.05, 0.1) is 40.4 Å². The highest BCUT2D eigenvalue weighted by Gasteiger charge is 2.29. The largest absolute Gasteiger partial charge is 0.344 e. The van der Waals surface area contributed by atoms with Crippen LogP contribution in [-0.2, 0) is 9.84 Å². The van der Waals surface area contributed by atoms with Crippen LogP contribution < -0.4 is 0 Å². The molecule has 0 aliphatic carbocycles. The number of hydrogen-bond donors (Lipinski definition) is 1. The first-order chi connectivity index (χ1) is 16.8. The maximum Gasteiger partial charge on any atom is 0.165 e. The van der Waals surface area contributed by atoms with Crippen LogP contribution in [0.5, 0.6) is 0 Å².